The van der Waals surface area contributed by atoms with Crippen LogP contribution in [0.3, 0.4) is 0 Å². The average molecular weight is 409 g/mol. The zero-order valence-electron chi connectivity index (χ0n) is 16.5. The number of hydrogen-bond acceptors (Lipinski definition) is 4. The Morgan fingerprint density at radius 1 is 1.11 bits per heavy atom. The highest BCUT2D eigenvalue weighted by molar-refractivity contribution is 6.30. The Morgan fingerprint density at radius 2 is 1.82 bits per heavy atom. The molecule has 1 atom stereocenters. The molecule has 1 aromatic rings. The first-order chi connectivity index (χ1) is 13.4. The SMILES string of the molecule is CCNC(=O)CN1CCCN(C(=O)CC(NC(C)=O)c2ccc(Cl)cc2)CC1. The van der Waals surface area contributed by atoms with Crippen molar-refractivity contribution >= 4 is 29.3 Å². The predicted molar refractivity (Wildman–Crippen MR) is 109 cm³/mol. The fourth-order valence-corrected chi connectivity index (χ4v) is 3.46. The van der Waals surface area contributed by atoms with Gasteiger partial charge in [0, 0.05) is 44.7 Å². The van der Waals surface area contributed by atoms with E-state index >= 15 is 0 Å². The van der Waals surface area contributed by atoms with Crippen molar-refractivity contribution in [3.8, 4) is 0 Å². The van der Waals surface area contributed by atoms with Crippen LogP contribution in [0, 0.1) is 0 Å². The van der Waals surface area contributed by atoms with E-state index in [9.17, 15) is 14.4 Å². The van der Waals surface area contributed by atoms with Crippen LogP contribution < -0.4 is 10.6 Å². The van der Waals surface area contributed by atoms with Gasteiger partial charge in [-0.05, 0) is 31.0 Å². The van der Waals surface area contributed by atoms with Crippen LogP contribution in [-0.4, -0.2) is 66.8 Å². The molecule has 0 aliphatic carbocycles. The van der Waals surface area contributed by atoms with Crippen LogP contribution in [0.15, 0.2) is 24.3 Å². The highest BCUT2D eigenvalue weighted by Crippen LogP contribution is 2.21. The lowest BCUT2D eigenvalue weighted by molar-refractivity contribution is -0.131. The van der Waals surface area contributed by atoms with E-state index in [0.717, 1.165) is 18.5 Å². The molecule has 1 heterocycles. The lowest BCUT2D eigenvalue weighted by Crippen LogP contribution is -2.40. The number of nitrogens with one attached hydrogen (secondary N) is 2. The van der Waals surface area contributed by atoms with E-state index in [1.165, 1.54) is 6.92 Å². The molecule has 0 aromatic heterocycles. The maximum atomic E-state index is 12.9. The Kier molecular flexibility index (Phi) is 8.73. The van der Waals surface area contributed by atoms with Gasteiger partial charge in [-0.1, -0.05) is 23.7 Å². The fourth-order valence-electron chi connectivity index (χ4n) is 3.33. The van der Waals surface area contributed by atoms with Crippen molar-refractivity contribution in [2.75, 3.05) is 39.3 Å². The molecular weight excluding hydrogens is 380 g/mol. The summed E-state index contributed by atoms with van der Waals surface area (Å²) in [6, 6.07) is 6.76. The smallest absolute Gasteiger partial charge is 0.234 e. The summed E-state index contributed by atoms with van der Waals surface area (Å²) in [5.74, 6) is -0.180. The molecule has 154 valence electrons. The van der Waals surface area contributed by atoms with Crippen LogP contribution in [-0.2, 0) is 14.4 Å². The van der Waals surface area contributed by atoms with E-state index in [4.69, 9.17) is 11.6 Å². The summed E-state index contributed by atoms with van der Waals surface area (Å²) in [6.07, 6.45) is 1.01. The first-order valence-corrected chi connectivity index (χ1v) is 10.1. The van der Waals surface area contributed by atoms with E-state index < -0.39 is 6.04 Å². The molecule has 1 fully saturated rings. The third-order valence-corrected chi connectivity index (χ3v) is 4.96. The van der Waals surface area contributed by atoms with E-state index in [1.54, 1.807) is 12.1 Å². The van der Waals surface area contributed by atoms with Crippen molar-refractivity contribution < 1.29 is 14.4 Å². The summed E-state index contributed by atoms with van der Waals surface area (Å²) in [4.78, 5) is 40.1. The van der Waals surface area contributed by atoms with Crippen LogP contribution in [0.4, 0.5) is 0 Å². The normalized spacial score (nSPS) is 16.2. The zero-order valence-corrected chi connectivity index (χ0v) is 17.3. The fraction of sp³-hybridized carbons (Fsp3) is 0.550. The summed E-state index contributed by atoms with van der Waals surface area (Å²) >= 11 is 5.94. The quantitative estimate of drug-likeness (QED) is 0.717. The lowest BCUT2D eigenvalue weighted by atomic mass is 10.0. The van der Waals surface area contributed by atoms with Crippen LogP contribution in [0.1, 0.15) is 38.3 Å². The Labute approximate surface area is 171 Å². The topological polar surface area (TPSA) is 81.8 Å². The van der Waals surface area contributed by atoms with Crippen molar-refractivity contribution in [1.29, 1.82) is 0 Å². The predicted octanol–water partition coefficient (Wildman–Crippen LogP) is 1.58. The molecule has 0 radical (unpaired) electrons. The largest absolute Gasteiger partial charge is 0.355 e. The summed E-state index contributed by atoms with van der Waals surface area (Å²) in [6.45, 7) is 6.98. The number of likely N-dealkylation sites (N-methyl/N-ethyl adjacent to an activating group) is 1. The number of rotatable bonds is 7. The van der Waals surface area contributed by atoms with Crippen molar-refractivity contribution in [2.45, 2.75) is 32.7 Å². The molecule has 1 aliphatic heterocycles. The summed E-state index contributed by atoms with van der Waals surface area (Å²) in [5.41, 5.74) is 0.848. The Morgan fingerprint density at radius 3 is 2.46 bits per heavy atom. The molecule has 1 unspecified atom stereocenters. The van der Waals surface area contributed by atoms with E-state index in [2.05, 4.69) is 15.5 Å². The molecule has 1 aliphatic rings. The number of halogens is 1. The highest BCUT2D eigenvalue weighted by atomic mass is 35.5. The summed E-state index contributed by atoms with van der Waals surface area (Å²) in [7, 11) is 0. The van der Waals surface area contributed by atoms with Crippen LogP contribution in [0.5, 0.6) is 0 Å². The Balaban J connectivity index is 1.96. The number of nitrogens with zero attached hydrogens (tertiary/aromatic N) is 2. The minimum Gasteiger partial charge on any atom is -0.355 e. The first kappa shape index (κ1) is 22.2. The molecule has 28 heavy (non-hydrogen) atoms. The molecule has 3 amide bonds. The zero-order chi connectivity index (χ0) is 20.5. The second kappa shape index (κ2) is 11.0. The molecule has 1 saturated heterocycles. The molecule has 2 N–H and O–H groups in total. The number of amides is 3. The number of carbonyl (C=O) groups excluding carboxylic acids is 3. The first-order valence-electron chi connectivity index (χ1n) is 9.68. The second-order valence-corrected chi connectivity index (χ2v) is 7.41. The third-order valence-electron chi connectivity index (χ3n) is 4.71. The van der Waals surface area contributed by atoms with Gasteiger partial charge in [0.25, 0.3) is 0 Å². The van der Waals surface area contributed by atoms with Gasteiger partial charge >= 0.3 is 0 Å². The van der Waals surface area contributed by atoms with Gasteiger partial charge in [-0.25, -0.2) is 0 Å². The van der Waals surface area contributed by atoms with Gasteiger partial charge < -0.3 is 15.5 Å². The minimum atomic E-state index is -0.392. The number of carbonyl (C=O) groups is 3. The summed E-state index contributed by atoms with van der Waals surface area (Å²) < 4.78 is 0. The van der Waals surface area contributed by atoms with Gasteiger partial charge in [-0.2, -0.15) is 0 Å². The van der Waals surface area contributed by atoms with Gasteiger partial charge in [-0.15, -0.1) is 0 Å². The molecule has 7 nitrogen and oxygen atoms in total. The lowest BCUT2D eigenvalue weighted by Gasteiger charge is -2.25. The molecule has 0 spiro atoms. The maximum absolute atomic E-state index is 12.9. The van der Waals surface area contributed by atoms with E-state index in [-0.39, 0.29) is 24.1 Å². The molecule has 1 aromatic carbocycles. The van der Waals surface area contributed by atoms with Gasteiger partial charge in [0.2, 0.25) is 17.7 Å². The monoisotopic (exact) mass is 408 g/mol. The minimum absolute atomic E-state index is 0.00596. The third kappa shape index (κ3) is 7.13. The van der Waals surface area contributed by atoms with E-state index in [0.29, 0.717) is 37.7 Å². The molecule has 0 bridgehead atoms. The highest BCUT2D eigenvalue weighted by Gasteiger charge is 2.24. The summed E-state index contributed by atoms with van der Waals surface area (Å²) in [5, 5.41) is 6.27. The van der Waals surface area contributed by atoms with E-state index in [1.807, 2.05) is 24.0 Å². The van der Waals surface area contributed by atoms with Crippen LogP contribution >= 0.6 is 11.6 Å². The van der Waals surface area contributed by atoms with Crippen molar-refractivity contribution in [1.82, 2.24) is 20.4 Å². The van der Waals surface area contributed by atoms with Gasteiger partial charge in [0.05, 0.1) is 19.0 Å². The van der Waals surface area contributed by atoms with Gasteiger partial charge in [0.15, 0.2) is 0 Å². The van der Waals surface area contributed by atoms with Gasteiger partial charge in [0.1, 0.15) is 0 Å². The van der Waals surface area contributed by atoms with Crippen molar-refractivity contribution in [3.63, 3.8) is 0 Å². The van der Waals surface area contributed by atoms with Crippen LogP contribution in [0.25, 0.3) is 0 Å². The molecular formula is C20H29ClN4O3. The molecule has 8 heteroatoms. The Hall–Kier alpha value is -2.12. The molecule has 2 rings (SSSR count). The van der Waals surface area contributed by atoms with Crippen molar-refractivity contribution in [2.24, 2.45) is 0 Å². The average Bonchev–Trinajstić information content (AvgIpc) is 2.87. The van der Waals surface area contributed by atoms with Gasteiger partial charge in [-0.3, -0.25) is 19.3 Å². The number of benzene rings is 1. The molecule has 0 saturated carbocycles. The second-order valence-electron chi connectivity index (χ2n) is 6.97. The maximum Gasteiger partial charge on any atom is 0.234 e. The standard InChI is InChI=1S/C20H29ClN4O3/c1-3-22-19(27)14-24-9-4-10-25(12-11-24)20(28)13-18(23-15(2)26)16-5-7-17(21)8-6-16/h5-8,18H,3-4,9-14H2,1-2H3,(H,22,27)(H,23,26). The number of hydrogen-bond donors (Lipinski definition) is 2. The van der Waals surface area contributed by atoms with Crippen molar-refractivity contribution in [3.05, 3.63) is 34.9 Å². The van der Waals surface area contributed by atoms with Crippen LogP contribution in [0.2, 0.25) is 5.02 Å². The Bertz CT molecular complexity index is 681.